The largest absolute Gasteiger partial charge is 0.460 e. The van der Waals surface area contributed by atoms with E-state index in [2.05, 4.69) is 5.32 Å². The van der Waals surface area contributed by atoms with Crippen LogP contribution in [0.15, 0.2) is 18.2 Å². The number of carbonyl (C=O) groups is 1. The molecule has 0 spiro atoms. The van der Waals surface area contributed by atoms with Crippen LogP contribution in [0.5, 0.6) is 0 Å². The molecule has 1 aliphatic rings. The molecule has 1 N–H and O–H groups in total. The minimum atomic E-state index is -0.214. The van der Waals surface area contributed by atoms with Crippen LogP contribution in [0.1, 0.15) is 18.4 Å². The van der Waals surface area contributed by atoms with Gasteiger partial charge in [-0.25, -0.2) is 0 Å². The summed E-state index contributed by atoms with van der Waals surface area (Å²) in [6, 6.07) is 4.96. The quantitative estimate of drug-likeness (QED) is 0.861. The van der Waals surface area contributed by atoms with E-state index in [-0.39, 0.29) is 18.6 Å². The highest BCUT2D eigenvalue weighted by Crippen LogP contribution is 2.21. The Hall–Kier alpha value is -0.770. The maximum absolute atomic E-state index is 11.6. The van der Waals surface area contributed by atoms with E-state index in [4.69, 9.17) is 27.9 Å². The van der Waals surface area contributed by atoms with E-state index in [0.29, 0.717) is 10.0 Å². The fourth-order valence-corrected chi connectivity index (χ4v) is 2.24. The first kappa shape index (κ1) is 12.7. The summed E-state index contributed by atoms with van der Waals surface area (Å²) in [6.45, 7) is 1.06. The highest BCUT2D eigenvalue weighted by Gasteiger charge is 2.23. The van der Waals surface area contributed by atoms with Crippen molar-refractivity contribution in [1.29, 1.82) is 0 Å². The lowest BCUT2D eigenvalue weighted by Crippen LogP contribution is -2.32. The van der Waals surface area contributed by atoms with E-state index in [1.807, 2.05) is 0 Å². The van der Waals surface area contributed by atoms with Crippen molar-refractivity contribution in [2.75, 3.05) is 6.54 Å². The van der Waals surface area contributed by atoms with Crippen molar-refractivity contribution in [2.24, 2.45) is 0 Å². The van der Waals surface area contributed by atoms with Gasteiger partial charge < -0.3 is 10.1 Å². The molecule has 5 heteroatoms. The molecule has 1 heterocycles. The molecular weight excluding hydrogens is 261 g/mol. The molecule has 1 atom stereocenters. The molecule has 1 aromatic rings. The third-order valence-corrected chi connectivity index (χ3v) is 3.32. The van der Waals surface area contributed by atoms with Crippen molar-refractivity contribution in [3.8, 4) is 0 Å². The first-order valence-corrected chi connectivity index (χ1v) is 6.26. The van der Waals surface area contributed by atoms with Gasteiger partial charge in [0.2, 0.25) is 0 Å². The molecule has 0 amide bonds. The number of esters is 1. The van der Waals surface area contributed by atoms with Gasteiger partial charge in [0.15, 0.2) is 0 Å². The van der Waals surface area contributed by atoms with Gasteiger partial charge in [-0.1, -0.05) is 29.3 Å². The zero-order valence-corrected chi connectivity index (χ0v) is 10.7. The molecule has 1 aliphatic heterocycles. The predicted molar refractivity (Wildman–Crippen MR) is 67.3 cm³/mol. The van der Waals surface area contributed by atoms with Gasteiger partial charge >= 0.3 is 5.97 Å². The molecule has 1 fully saturated rings. The van der Waals surface area contributed by atoms with Crippen LogP contribution < -0.4 is 5.32 Å². The summed E-state index contributed by atoms with van der Waals surface area (Å²) in [7, 11) is 0. The van der Waals surface area contributed by atoms with Gasteiger partial charge in [0.25, 0.3) is 0 Å². The Labute approximate surface area is 110 Å². The zero-order valence-electron chi connectivity index (χ0n) is 9.21. The third-order valence-electron chi connectivity index (χ3n) is 2.73. The molecular formula is C12H13Cl2NO2. The smallest absolute Gasteiger partial charge is 0.323 e. The van der Waals surface area contributed by atoms with Crippen LogP contribution in [-0.2, 0) is 16.1 Å². The lowest BCUT2D eigenvalue weighted by Gasteiger charge is -2.11. The molecule has 0 bridgehead atoms. The van der Waals surface area contributed by atoms with Crippen LogP contribution in [0.2, 0.25) is 10.0 Å². The fourth-order valence-electron chi connectivity index (χ4n) is 1.77. The summed E-state index contributed by atoms with van der Waals surface area (Å²) in [4.78, 5) is 11.6. The number of nitrogens with one attached hydrogen (secondary N) is 1. The van der Waals surface area contributed by atoms with E-state index < -0.39 is 0 Å². The van der Waals surface area contributed by atoms with Gasteiger partial charge in [0.05, 0.1) is 0 Å². The summed E-state index contributed by atoms with van der Waals surface area (Å²) in [5.74, 6) is -0.214. The first-order valence-electron chi connectivity index (χ1n) is 5.51. The Morgan fingerprint density at radius 1 is 1.47 bits per heavy atom. The lowest BCUT2D eigenvalue weighted by molar-refractivity contribution is -0.147. The molecule has 0 saturated carbocycles. The number of halogens is 2. The van der Waals surface area contributed by atoms with Crippen molar-refractivity contribution in [2.45, 2.75) is 25.5 Å². The second-order valence-corrected chi connectivity index (χ2v) is 4.84. The van der Waals surface area contributed by atoms with Crippen molar-refractivity contribution >= 4 is 29.2 Å². The SMILES string of the molecule is O=C(OCc1ccc(Cl)cc1Cl)C1CCCN1. The monoisotopic (exact) mass is 273 g/mol. The second-order valence-electron chi connectivity index (χ2n) is 3.99. The second kappa shape index (κ2) is 5.71. The van der Waals surface area contributed by atoms with Crippen LogP contribution in [0.4, 0.5) is 0 Å². The van der Waals surface area contributed by atoms with Gasteiger partial charge in [0, 0.05) is 15.6 Å². The molecule has 0 radical (unpaired) electrons. The number of hydrogen-bond donors (Lipinski definition) is 1. The highest BCUT2D eigenvalue weighted by atomic mass is 35.5. The number of benzene rings is 1. The summed E-state index contributed by atoms with van der Waals surface area (Å²) in [5, 5.41) is 4.18. The summed E-state index contributed by atoms with van der Waals surface area (Å²) in [6.07, 6.45) is 1.86. The average Bonchev–Trinajstić information content (AvgIpc) is 2.81. The molecule has 2 rings (SSSR count). The van der Waals surface area contributed by atoms with Crippen molar-refractivity contribution in [3.63, 3.8) is 0 Å². The fraction of sp³-hybridized carbons (Fsp3) is 0.417. The summed E-state index contributed by atoms with van der Waals surface area (Å²) >= 11 is 11.8. The molecule has 0 aromatic heterocycles. The van der Waals surface area contributed by atoms with E-state index in [9.17, 15) is 4.79 Å². The molecule has 3 nitrogen and oxygen atoms in total. The predicted octanol–water partition coefficient (Wildman–Crippen LogP) is 2.79. The Balaban J connectivity index is 1.90. The van der Waals surface area contributed by atoms with Gasteiger partial charge in [-0.05, 0) is 31.5 Å². The Morgan fingerprint density at radius 3 is 2.94 bits per heavy atom. The lowest BCUT2D eigenvalue weighted by atomic mass is 10.2. The van der Waals surface area contributed by atoms with E-state index in [1.165, 1.54) is 0 Å². The van der Waals surface area contributed by atoms with Crippen LogP contribution in [0.25, 0.3) is 0 Å². The van der Waals surface area contributed by atoms with Crippen LogP contribution in [0, 0.1) is 0 Å². The molecule has 1 aromatic carbocycles. The zero-order chi connectivity index (χ0) is 12.3. The van der Waals surface area contributed by atoms with Crippen molar-refractivity contribution in [1.82, 2.24) is 5.32 Å². The number of ether oxygens (including phenoxy) is 1. The van der Waals surface area contributed by atoms with Crippen molar-refractivity contribution in [3.05, 3.63) is 33.8 Å². The Morgan fingerprint density at radius 2 is 2.29 bits per heavy atom. The number of carbonyl (C=O) groups excluding carboxylic acids is 1. The Kier molecular flexibility index (Phi) is 4.26. The number of rotatable bonds is 3. The third kappa shape index (κ3) is 3.35. The average molecular weight is 274 g/mol. The van der Waals surface area contributed by atoms with Gasteiger partial charge in [-0.2, -0.15) is 0 Å². The minimum Gasteiger partial charge on any atom is -0.460 e. The highest BCUT2D eigenvalue weighted by molar-refractivity contribution is 6.35. The van der Waals surface area contributed by atoms with Gasteiger partial charge in [-0.3, -0.25) is 4.79 Å². The maximum Gasteiger partial charge on any atom is 0.323 e. The first-order chi connectivity index (χ1) is 8.16. The topological polar surface area (TPSA) is 38.3 Å². The van der Waals surface area contributed by atoms with Crippen LogP contribution in [-0.4, -0.2) is 18.6 Å². The molecule has 0 aliphatic carbocycles. The molecule has 1 saturated heterocycles. The van der Waals surface area contributed by atoms with Crippen LogP contribution >= 0.6 is 23.2 Å². The molecule has 92 valence electrons. The molecule has 17 heavy (non-hydrogen) atoms. The van der Waals surface area contributed by atoms with Crippen LogP contribution in [0.3, 0.4) is 0 Å². The maximum atomic E-state index is 11.6. The molecule has 1 unspecified atom stereocenters. The van der Waals surface area contributed by atoms with Crippen molar-refractivity contribution < 1.29 is 9.53 Å². The minimum absolute atomic E-state index is 0.166. The normalized spacial score (nSPS) is 19.3. The summed E-state index contributed by atoms with van der Waals surface area (Å²) in [5.41, 5.74) is 0.766. The van der Waals surface area contributed by atoms with Gasteiger partial charge in [-0.15, -0.1) is 0 Å². The number of hydrogen-bond acceptors (Lipinski definition) is 3. The van der Waals surface area contributed by atoms with E-state index >= 15 is 0 Å². The Bertz CT molecular complexity index is 417. The van der Waals surface area contributed by atoms with E-state index in [1.54, 1.807) is 18.2 Å². The van der Waals surface area contributed by atoms with Gasteiger partial charge in [0.1, 0.15) is 12.6 Å². The van der Waals surface area contributed by atoms with E-state index in [0.717, 1.165) is 24.9 Å². The summed E-state index contributed by atoms with van der Waals surface area (Å²) < 4.78 is 5.20. The standard InChI is InChI=1S/C12H13Cl2NO2/c13-9-4-3-8(10(14)6-9)7-17-12(16)11-2-1-5-15-11/h3-4,6,11,15H,1-2,5,7H2.